The molecule has 2 aromatic heterocycles. The molecule has 0 aliphatic carbocycles. The second kappa shape index (κ2) is 7.40. The molecule has 0 spiro atoms. The van der Waals surface area contributed by atoms with Gasteiger partial charge in [-0.2, -0.15) is 4.39 Å². The standard InChI is InChI=1S/C23H15FN2O2/c24-19-12-7-13-20(25-19)26-15-14-18(16-8-3-1-4-9-16)21(23(26)28)22(27)17-10-5-2-6-11-17/h1-15H. The summed E-state index contributed by atoms with van der Waals surface area (Å²) in [5.74, 6) is -0.977. The molecular formula is C23H15FN2O2. The highest BCUT2D eigenvalue weighted by atomic mass is 19.1. The van der Waals surface area contributed by atoms with E-state index in [0.717, 1.165) is 5.56 Å². The maximum atomic E-state index is 13.6. The molecular weight excluding hydrogens is 355 g/mol. The van der Waals surface area contributed by atoms with E-state index in [4.69, 9.17) is 0 Å². The van der Waals surface area contributed by atoms with E-state index in [1.54, 1.807) is 36.4 Å². The molecule has 5 heteroatoms. The summed E-state index contributed by atoms with van der Waals surface area (Å²) in [6.45, 7) is 0. The van der Waals surface area contributed by atoms with Crippen LogP contribution in [-0.4, -0.2) is 15.3 Å². The van der Waals surface area contributed by atoms with Gasteiger partial charge >= 0.3 is 0 Å². The molecule has 0 saturated heterocycles. The highest BCUT2D eigenvalue weighted by molar-refractivity contribution is 6.12. The van der Waals surface area contributed by atoms with E-state index in [1.165, 1.54) is 29.0 Å². The van der Waals surface area contributed by atoms with Crippen LogP contribution in [-0.2, 0) is 0 Å². The molecule has 0 bridgehead atoms. The lowest BCUT2D eigenvalue weighted by molar-refractivity contribution is 0.103. The van der Waals surface area contributed by atoms with Crippen LogP contribution in [0.5, 0.6) is 0 Å². The number of carbonyl (C=O) groups excluding carboxylic acids is 1. The van der Waals surface area contributed by atoms with Gasteiger partial charge in [-0.3, -0.25) is 14.2 Å². The minimum absolute atomic E-state index is 0.0194. The molecule has 0 amide bonds. The molecule has 0 saturated carbocycles. The minimum atomic E-state index is -0.701. The van der Waals surface area contributed by atoms with Crippen molar-refractivity contribution in [2.24, 2.45) is 0 Å². The number of hydrogen-bond acceptors (Lipinski definition) is 3. The fraction of sp³-hybridized carbons (Fsp3) is 0. The van der Waals surface area contributed by atoms with Gasteiger partial charge in [0.1, 0.15) is 5.82 Å². The second-order valence-electron chi connectivity index (χ2n) is 6.16. The van der Waals surface area contributed by atoms with Crippen molar-refractivity contribution in [2.45, 2.75) is 0 Å². The predicted octanol–water partition coefficient (Wildman–Crippen LogP) is 4.27. The molecule has 4 aromatic rings. The van der Waals surface area contributed by atoms with Crippen molar-refractivity contribution in [1.29, 1.82) is 0 Å². The third-order valence-electron chi connectivity index (χ3n) is 4.39. The van der Waals surface area contributed by atoms with Crippen LogP contribution in [0.4, 0.5) is 4.39 Å². The monoisotopic (exact) mass is 370 g/mol. The van der Waals surface area contributed by atoms with E-state index in [2.05, 4.69) is 4.98 Å². The van der Waals surface area contributed by atoms with Gasteiger partial charge in [-0.25, -0.2) is 4.98 Å². The average Bonchev–Trinajstić information content (AvgIpc) is 2.74. The van der Waals surface area contributed by atoms with Crippen molar-refractivity contribution in [2.75, 3.05) is 0 Å². The van der Waals surface area contributed by atoms with Crippen molar-refractivity contribution in [3.63, 3.8) is 0 Å². The predicted molar refractivity (Wildman–Crippen MR) is 105 cm³/mol. The van der Waals surface area contributed by atoms with Crippen molar-refractivity contribution in [3.05, 3.63) is 119 Å². The summed E-state index contributed by atoms with van der Waals surface area (Å²) < 4.78 is 14.7. The van der Waals surface area contributed by atoms with E-state index < -0.39 is 17.3 Å². The molecule has 0 aliphatic rings. The van der Waals surface area contributed by atoms with E-state index in [-0.39, 0.29) is 11.4 Å². The SMILES string of the molecule is O=C(c1ccccc1)c1c(-c2ccccc2)ccn(-c2cccc(F)n2)c1=O. The van der Waals surface area contributed by atoms with Gasteiger partial charge in [-0.05, 0) is 29.3 Å². The Kier molecular flexibility index (Phi) is 4.64. The van der Waals surface area contributed by atoms with E-state index in [9.17, 15) is 14.0 Å². The number of aromatic nitrogens is 2. The zero-order valence-electron chi connectivity index (χ0n) is 14.7. The van der Waals surface area contributed by atoms with Crippen LogP contribution in [0, 0.1) is 5.95 Å². The molecule has 0 unspecified atom stereocenters. The first-order valence-electron chi connectivity index (χ1n) is 8.69. The van der Waals surface area contributed by atoms with Crippen molar-refractivity contribution in [1.82, 2.24) is 9.55 Å². The van der Waals surface area contributed by atoms with Gasteiger partial charge in [0.05, 0.1) is 5.56 Å². The van der Waals surface area contributed by atoms with Gasteiger partial charge < -0.3 is 0 Å². The highest BCUT2D eigenvalue weighted by Crippen LogP contribution is 2.24. The van der Waals surface area contributed by atoms with Crippen LogP contribution < -0.4 is 5.56 Å². The Morgan fingerprint density at radius 3 is 2.18 bits per heavy atom. The largest absolute Gasteiger partial charge is 0.288 e. The van der Waals surface area contributed by atoms with E-state index >= 15 is 0 Å². The quantitative estimate of drug-likeness (QED) is 0.398. The fourth-order valence-corrected chi connectivity index (χ4v) is 3.06. The molecule has 2 heterocycles. The summed E-state index contributed by atoms with van der Waals surface area (Å²) in [7, 11) is 0. The van der Waals surface area contributed by atoms with Gasteiger partial charge in [0, 0.05) is 11.8 Å². The molecule has 136 valence electrons. The van der Waals surface area contributed by atoms with Crippen LogP contribution in [0.25, 0.3) is 16.9 Å². The Morgan fingerprint density at radius 1 is 0.821 bits per heavy atom. The molecule has 0 aliphatic heterocycles. The summed E-state index contributed by atoms with van der Waals surface area (Å²) >= 11 is 0. The Bertz CT molecular complexity index is 1200. The first kappa shape index (κ1) is 17.5. The number of halogens is 1. The lowest BCUT2D eigenvalue weighted by Crippen LogP contribution is -2.27. The van der Waals surface area contributed by atoms with Gasteiger partial charge in [0.15, 0.2) is 5.78 Å². The van der Waals surface area contributed by atoms with Gasteiger partial charge in [0.2, 0.25) is 5.95 Å². The number of carbonyl (C=O) groups is 1. The Hall–Kier alpha value is -3.86. The molecule has 0 radical (unpaired) electrons. The van der Waals surface area contributed by atoms with E-state index in [0.29, 0.717) is 11.1 Å². The molecule has 0 N–H and O–H groups in total. The molecule has 4 rings (SSSR count). The fourth-order valence-electron chi connectivity index (χ4n) is 3.06. The number of nitrogens with zero attached hydrogens (tertiary/aromatic N) is 2. The number of pyridine rings is 2. The van der Waals surface area contributed by atoms with Crippen LogP contribution >= 0.6 is 0 Å². The van der Waals surface area contributed by atoms with Crippen LogP contribution in [0.15, 0.2) is 95.9 Å². The lowest BCUT2D eigenvalue weighted by Gasteiger charge is -2.12. The molecule has 4 nitrogen and oxygen atoms in total. The molecule has 0 atom stereocenters. The molecule has 0 fully saturated rings. The summed E-state index contributed by atoms with van der Waals surface area (Å²) in [6, 6.07) is 23.7. The first-order valence-corrected chi connectivity index (χ1v) is 8.69. The minimum Gasteiger partial charge on any atom is -0.288 e. The zero-order chi connectivity index (χ0) is 19.5. The highest BCUT2D eigenvalue weighted by Gasteiger charge is 2.21. The number of rotatable bonds is 4. The number of benzene rings is 2. The normalized spacial score (nSPS) is 10.6. The van der Waals surface area contributed by atoms with Crippen molar-refractivity contribution < 1.29 is 9.18 Å². The summed E-state index contributed by atoms with van der Waals surface area (Å²) in [5, 5.41) is 0. The summed E-state index contributed by atoms with van der Waals surface area (Å²) in [5.41, 5.74) is 1.14. The average molecular weight is 370 g/mol. The number of hydrogen-bond donors (Lipinski definition) is 0. The van der Waals surface area contributed by atoms with Crippen LogP contribution in [0.1, 0.15) is 15.9 Å². The Balaban J connectivity index is 1.98. The first-order chi connectivity index (χ1) is 13.6. The maximum Gasteiger partial charge on any atom is 0.268 e. The lowest BCUT2D eigenvalue weighted by atomic mass is 9.95. The summed E-state index contributed by atoms with van der Waals surface area (Å²) in [4.78, 5) is 30.2. The Labute approximate surface area is 160 Å². The van der Waals surface area contributed by atoms with Crippen molar-refractivity contribution in [3.8, 4) is 16.9 Å². The van der Waals surface area contributed by atoms with Crippen LogP contribution in [0.2, 0.25) is 0 Å². The van der Waals surface area contributed by atoms with Gasteiger partial charge in [-0.1, -0.05) is 66.7 Å². The zero-order valence-corrected chi connectivity index (χ0v) is 14.7. The Morgan fingerprint density at radius 2 is 1.50 bits per heavy atom. The third kappa shape index (κ3) is 3.25. The molecule has 28 heavy (non-hydrogen) atoms. The van der Waals surface area contributed by atoms with Crippen molar-refractivity contribution >= 4 is 5.78 Å². The maximum absolute atomic E-state index is 13.6. The number of ketones is 1. The third-order valence-corrected chi connectivity index (χ3v) is 4.39. The van der Waals surface area contributed by atoms with Gasteiger partial charge in [0.25, 0.3) is 5.56 Å². The summed E-state index contributed by atoms with van der Waals surface area (Å²) in [6.07, 6.45) is 1.51. The topological polar surface area (TPSA) is 52.0 Å². The van der Waals surface area contributed by atoms with E-state index in [1.807, 2.05) is 30.3 Å². The van der Waals surface area contributed by atoms with Crippen LogP contribution in [0.3, 0.4) is 0 Å². The smallest absolute Gasteiger partial charge is 0.268 e. The van der Waals surface area contributed by atoms with Gasteiger partial charge in [-0.15, -0.1) is 0 Å². The molecule has 2 aromatic carbocycles. The second-order valence-corrected chi connectivity index (χ2v) is 6.16.